The zero-order chi connectivity index (χ0) is 25.1. The van der Waals surface area contributed by atoms with E-state index < -0.39 is 6.09 Å². The third-order valence-corrected chi connectivity index (χ3v) is 7.24. The molecule has 0 radical (unpaired) electrons. The minimum Gasteiger partial charge on any atom is -0.448 e. The summed E-state index contributed by atoms with van der Waals surface area (Å²) in [5, 5.41) is 10.2. The predicted octanol–water partition coefficient (Wildman–Crippen LogP) is 6.01. The number of carbonyl (C=O) groups excluding carboxylic acids is 1. The van der Waals surface area contributed by atoms with E-state index >= 15 is 0 Å². The van der Waals surface area contributed by atoms with Crippen molar-refractivity contribution in [2.24, 2.45) is 5.11 Å². The number of fused-ring (bicyclic) bond motifs is 3. The second kappa shape index (κ2) is 10.4. The highest BCUT2D eigenvalue weighted by Gasteiger charge is 2.29. The Morgan fingerprint density at radius 3 is 2.36 bits per heavy atom. The number of amides is 1. The van der Waals surface area contributed by atoms with Gasteiger partial charge in [-0.3, -0.25) is 10.2 Å². The number of anilines is 1. The molecule has 1 amide bonds. The van der Waals surface area contributed by atoms with Crippen molar-refractivity contribution < 1.29 is 9.53 Å². The Labute approximate surface area is 210 Å². The van der Waals surface area contributed by atoms with Gasteiger partial charge in [-0.25, -0.2) is 4.79 Å². The first-order valence-electron chi connectivity index (χ1n) is 12.3. The van der Waals surface area contributed by atoms with Gasteiger partial charge in [0.15, 0.2) is 0 Å². The number of nitrogens with one attached hydrogen (secondary N) is 2. The average molecular weight is 483 g/mol. The van der Waals surface area contributed by atoms with Gasteiger partial charge in [0.05, 0.1) is 0 Å². The van der Waals surface area contributed by atoms with Crippen LogP contribution in [0.3, 0.4) is 0 Å². The number of rotatable bonds is 6. The fourth-order valence-electron chi connectivity index (χ4n) is 5.30. The van der Waals surface area contributed by atoms with Crippen molar-refractivity contribution in [3.8, 4) is 11.1 Å². The SMILES string of the molecule is Cc1c(CN2CCNCC2)cc(NC(=O)OCC2c3ccccc3-c3ccccc32)c(C)c1N=[N+]=[N-]. The average Bonchev–Trinajstić information content (AvgIpc) is 3.22. The lowest BCUT2D eigenvalue weighted by molar-refractivity contribution is 0.158. The quantitative estimate of drug-likeness (QED) is 0.255. The van der Waals surface area contributed by atoms with Crippen LogP contribution in [-0.2, 0) is 11.3 Å². The van der Waals surface area contributed by atoms with Crippen LogP contribution < -0.4 is 10.6 Å². The molecule has 2 aliphatic rings. The molecule has 0 spiro atoms. The van der Waals surface area contributed by atoms with Crippen LogP contribution in [0.4, 0.5) is 16.2 Å². The molecule has 8 nitrogen and oxygen atoms in total. The van der Waals surface area contributed by atoms with Crippen LogP contribution in [0.1, 0.15) is 33.7 Å². The Morgan fingerprint density at radius 2 is 1.72 bits per heavy atom. The van der Waals surface area contributed by atoms with Crippen LogP contribution >= 0.6 is 0 Å². The standard InChI is InChI=1S/C28H30N6O2/c1-18-20(16-34-13-11-30-12-14-34)15-26(19(2)27(18)32-33-29)31-28(35)36-17-25-23-9-5-3-7-21(23)22-8-4-6-10-24(22)25/h3-10,15,25,30H,11-14,16-17H2,1-2H3,(H,31,35). The highest BCUT2D eigenvalue weighted by Crippen LogP contribution is 2.44. The maximum absolute atomic E-state index is 12.9. The van der Waals surface area contributed by atoms with Crippen molar-refractivity contribution >= 4 is 17.5 Å². The van der Waals surface area contributed by atoms with Gasteiger partial charge in [0.25, 0.3) is 0 Å². The van der Waals surface area contributed by atoms with Gasteiger partial charge < -0.3 is 10.1 Å². The molecule has 1 aliphatic carbocycles. The van der Waals surface area contributed by atoms with Gasteiger partial charge >= 0.3 is 6.09 Å². The zero-order valence-corrected chi connectivity index (χ0v) is 20.6. The molecule has 1 heterocycles. The van der Waals surface area contributed by atoms with Crippen molar-refractivity contribution in [2.75, 3.05) is 38.1 Å². The maximum atomic E-state index is 12.9. The van der Waals surface area contributed by atoms with E-state index in [0.717, 1.165) is 49.4 Å². The molecular weight excluding hydrogens is 452 g/mol. The molecule has 36 heavy (non-hydrogen) atoms. The van der Waals surface area contributed by atoms with Gasteiger partial charge in [0.2, 0.25) is 0 Å². The molecule has 1 aliphatic heterocycles. The molecule has 0 aromatic heterocycles. The lowest BCUT2D eigenvalue weighted by Crippen LogP contribution is -2.43. The number of hydrogen-bond acceptors (Lipinski definition) is 5. The van der Waals surface area contributed by atoms with E-state index in [2.05, 4.69) is 49.8 Å². The van der Waals surface area contributed by atoms with E-state index in [1.54, 1.807) is 0 Å². The van der Waals surface area contributed by atoms with Crippen LogP contribution in [-0.4, -0.2) is 43.8 Å². The Kier molecular flexibility index (Phi) is 6.91. The molecule has 3 aromatic rings. The van der Waals surface area contributed by atoms with Crippen LogP contribution in [0, 0.1) is 13.8 Å². The summed E-state index contributed by atoms with van der Waals surface area (Å²) in [6.07, 6.45) is -0.524. The first kappa shape index (κ1) is 23.9. The van der Waals surface area contributed by atoms with E-state index in [0.29, 0.717) is 11.4 Å². The predicted molar refractivity (Wildman–Crippen MR) is 142 cm³/mol. The van der Waals surface area contributed by atoms with Crippen molar-refractivity contribution in [2.45, 2.75) is 26.3 Å². The lowest BCUT2D eigenvalue weighted by atomic mass is 9.98. The highest BCUT2D eigenvalue weighted by atomic mass is 16.5. The normalized spacial score (nSPS) is 15.1. The Morgan fingerprint density at radius 1 is 1.08 bits per heavy atom. The summed E-state index contributed by atoms with van der Waals surface area (Å²) in [7, 11) is 0. The van der Waals surface area contributed by atoms with Crippen molar-refractivity contribution in [3.05, 3.63) is 92.9 Å². The summed E-state index contributed by atoms with van der Waals surface area (Å²) < 4.78 is 5.75. The molecule has 8 heteroatoms. The Balaban J connectivity index is 1.35. The summed E-state index contributed by atoms with van der Waals surface area (Å²) in [6, 6.07) is 18.5. The van der Waals surface area contributed by atoms with E-state index in [-0.39, 0.29) is 12.5 Å². The topological polar surface area (TPSA) is 102 Å². The second-order valence-electron chi connectivity index (χ2n) is 9.35. The van der Waals surface area contributed by atoms with Crippen LogP contribution in [0.5, 0.6) is 0 Å². The molecule has 0 atom stereocenters. The number of nitrogens with zero attached hydrogens (tertiary/aromatic N) is 4. The first-order valence-corrected chi connectivity index (χ1v) is 12.3. The third-order valence-electron chi connectivity index (χ3n) is 7.24. The van der Waals surface area contributed by atoms with Crippen molar-refractivity contribution in [1.29, 1.82) is 0 Å². The molecule has 0 unspecified atom stereocenters. The summed E-state index contributed by atoms with van der Waals surface area (Å²) in [6.45, 7) is 8.55. The van der Waals surface area contributed by atoms with E-state index in [4.69, 9.17) is 10.3 Å². The molecule has 0 bridgehead atoms. The fraction of sp³-hybridized carbons (Fsp3) is 0.321. The molecule has 1 fully saturated rings. The minimum atomic E-state index is -0.524. The monoisotopic (exact) mass is 482 g/mol. The lowest BCUT2D eigenvalue weighted by Gasteiger charge is -2.28. The molecule has 1 saturated heterocycles. The van der Waals surface area contributed by atoms with Crippen LogP contribution in [0.15, 0.2) is 59.7 Å². The molecule has 0 saturated carbocycles. The van der Waals surface area contributed by atoms with Crippen molar-refractivity contribution in [3.63, 3.8) is 0 Å². The summed E-state index contributed by atoms with van der Waals surface area (Å²) in [4.78, 5) is 18.3. The third kappa shape index (κ3) is 4.66. The van der Waals surface area contributed by atoms with Gasteiger partial charge in [0, 0.05) is 54.9 Å². The summed E-state index contributed by atoms with van der Waals surface area (Å²) in [5.74, 6) is -0.00992. The van der Waals surface area contributed by atoms with Crippen LogP contribution in [0.25, 0.3) is 21.6 Å². The number of ether oxygens (including phenoxy) is 1. The number of benzene rings is 3. The maximum Gasteiger partial charge on any atom is 0.411 e. The van der Waals surface area contributed by atoms with E-state index in [1.165, 1.54) is 22.3 Å². The zero-order valence-electron chi connectivity index (χ0n) is 20.6. The summed E-state index contributed by atoms with van der Waals surface area (Å²) in [5.41, 5.74) is 17.7. The second-order valence-corrected chi connectivity index (χ2v) is 9.35. The van der Waals surface area contributed by atoms with Gasteiger partial charge in [-0.05, 0) is 64.4 Å². The van der Waals surface area contributed by atoms with Gasteiger partial charge in [-0.15, -0.1) is 0 Å². The number of piperazine rings is 1. The van der Waals surface area contributed by atoms with Crippen molar-refractivity contribution in [1.82, 2.24) is 10.2 Å². The molecular formula is C28H30N6O2. The molecule has 184 valence electrons. The van der Waals surface area contributed by atoms with Crippen LogP contribution in [0.2, 0.25) is 0 Å². The molecule has 5 rings (SSSR count). The summed E-state index contributed by atoms with van der Waals surface area (Å²) >= 11 is 0. The highest BCUT2D eigenvalue weighted by molar-refractivity contribution is 5.88. The van der Waals surface area contributed by atoms with Gasteiger partial charge in [-0.2, -0.15) is 0 Å². The van der Waals surface area contributed by atoms with E-state index in [1.807, 2.05) is 44.2 Å². The van der Waals surface area contributed by atoms with E-state index in [9.17, 15) is 4.79 Å². The van der Waals surface area contributed by atoms with Gasteiger partial charge in [-0.1, -0.05) is 53.6 Å². The molecule has 3 aromatic carbocycles. The Bertz CT molecular complexity index is 1300. The smallest absolute Gasteiger partial charge is 0.411 e. The molecule has 2 N–H and O–H groups in total. The van der Waals surface area contributed by atoms with Gasteiger partial charge in [0.1, 0.15) is 6.61 Å². The number of hydrogen-bond donors (Lipinski definition) is 2. The number of carbonyl (C=O) groups is 1. The number of azide groups is 1. The Hall–Kier alpha value is -3.84. The largest absolute Gasteiger partial charge is 0.448 e. The minimum absolute atomic E-state index is 0.00992. The first-order chi connectivity index (χ1) is 17.6. The fourth-order valence-corrected chi connectivity index (χ4v) is 5.30.